The summed E-state index contributed by atoms with van der Waals surface area (Å²) < 4.78 is 90.9. The van der Waals surface area contributed by atoms with Crippen molar-refractivity contribution in [3.8, 4) is 16.9 Å². The van der Waals surface area contributed by atoms with Crippen LogP contribution >= 0.6 is 7.75 Å². The lowest BCUT2D eigenvalue weighted by Gasteiger charge is -2.25. The first kappa shape index (κ1) is 35.0. The number of ether oxygens (including phenoxy) is 2. The van der Waals surface area contributed by atoms with Crippen molar-refractivity contribution in [1.82, 2.24) is 14.6 Å². The highest BCUT2D eigenvalue weighted by atomic mass is 31.2. The van der Waals surface area contributed by atoms with Gasteiger partial charge in [-0.1, -0.05) is 24.3 Å². The van der Waals surface area contributed by atoms with Crippen LogP contribution in [0.5, 0.6) is 5.75 Å². The van der Waals surface area contributed by atoms with E-state index in [4.69, 9.17) is 18.5 Å². The van der Waals surface area contributed by atoms with Gasteiger partial charge >= 0.3 is 25.6 Å². The van der Waals surface area contributed by atoms with Gasteiger partial charge in [0.2, 0.25) is 0 Å². The molecule has 12 nitrogen and oxygen atoms in total. The molecule has 3 aromatic rings. The molecule has 250 valence electrons. The normalized spacial score (nSPS) is 23.6. The fourth-order valence-electron chi connectivity index (χ4n) is 4.55. The second-order valence-electron chi connectivity index (χ2n) is 11.0. The van der Waals surface area contributed by atoms with E-state index >= 15 is 4.39 Å². The van der Waals surface area contributed by atoms with Crippen LogP contribution in [0.2, 0.25) is 0 Å². The molecule has 0 spiro atoms. The molecule has 3 N–H and O–H groups in total. The summed E-state index contributed by atoms with van der Waals surface area (Å²) in [6, 6.07) is 9.86. The number of aliphatic hydroxyl groups is 1. The number of aromatic amines is 1. The maximum atomic E-state index is 15.6. The molecule has 2 unspecified atom stereocenters. The molecule has 46 heavy (non-hydrogen) atoms. The van der Waals surface area contributed by atoms with E-state index in [9.17, 15) is 37.2 Å². The minimum atomic E-state index is -4.54. The number of hydrogen-bond acceptors (Lipinski definition) is 9. The van der Waals surface area contributed by atoms with Crippen LogP contribution in [0.1, 0.15) is 39.5 Å². The van der Waals surface area contributed by atoms with Gasteiger partial charge in [0.05, 0.1) is 18.3 Å². The van der Waals surface area contributed by atoms with Crippen molar-refractivity contribution < 1.29 is 50.5 Å². The maximum Gasteiger partial charge on any atom is 0.459 e. The topological polar surface area (TPSA) is 158 Å². The maximum absolute atomic E-state index is 15.6. The van der Waals surface area contributed by atoms with Gasteiger partial charge in [-0.2, -0.15) is 18.3 Å². The van der Waals surface area contributed by atoms with Crippen LogP contribution in [0, 0.1) is 0 Å². The Labute approximate surface area is 259 Å². The molecule has 2 heterocycles. The van der Waals surface area contributed by atoms with E-state index in [-0.39, 0.29) is 5.75 Å². The van der Waals surface area contributed by atoms with Crippen molar-refractivity contribution in [2.75, 3.05) is 6.61 Å². The number of carbonyl (C=O) groups is 1. The Balaban J connectivity index is 1.54. The minimum Gasteiger partial charge on any atom is -0.462 e. The number of carbonyl (C=O) groups excluding carboxylic acids is 1. The van der Waals surface area contributed by atoms with Crippen LogP contribution < -0.4 is 20.9 Å². The van der Waals surface area contributed by atoms with Crippen LogP contribution in [0.4, 0.5) is 17.6 Å². The summed E-state index contributed by atoms with van der Waals surface area (Å²) in [5.74, 6) is -0.845. The van der Waals surface area contributed by atoms with Gasteiger partial charge < -0.3 is 19.1 Å². The number of nitrogens with one attached hydrogen (secondary N) is 2. The van der Waals surface area contributed by atoms with E-state index in [1.54, 1.807) is 13.8 Å². The standard InChI is InChI=1S/C29H32F4N3O9P/c1-16(2)43-25(39)17(3)35-46(41,45-21-11-7-19(8-12-21)18-5-9-20(10-6-18)29(31,32)33)42-15-22-24(38)28(4,30)26(44-22)36-14-13-23(37)34-27(36)40/h5-14,16-17,22,24,26,38H,15H2,1-4H3,(H,35,41)(H,34,37,40)/t17?,22-,24-,26-,28-,46?/m1/s1. The van der Waals surface area contributed by atoms with E-state index < -0.39 is 79.6 Å². The summed E-state index contributed by atoms with van der Waals surface area (Å²) in [6.45, 7) is 4.75. The third kappa shape index (κ3) is 8.12. The number of aliphatic hydroxyl groups excluding tert-OH is 1. The molecule has 1 aliphatic rings. The van der Waals surface area contributed by atoms with Gasteiger partial charge in [-0.25, -0.2) is 13.8 Å². The molecule has 6 atom stereocenters. The first-order valence-electron chi connectivity index (χ1n) is 13.9. The molecule has 2 aromatic carbocycles. The smallest absolute Gasteiger partial charge is 0.459 e. The first-order valence-corrected chi connectivity index (χ1v) is 15.5. The summed E-state index contributed by atoms with van der Waals surface area (Å²) in [4.78, 5) is 38.1. The highest BCUT2D eigenvalue weighted by Gasteiger charge is 2.56. The number of nitrogens with zero attached hydrogens (tertiary/aromatic N) is 1. The molecule has 0 radical (unpaired) electrons. The summed E-state index contributed by atoms with van der Waals surface area (Å²) in [5, 5.41) is 13.1. The van der Waals surface area contributed by atoms with E-state index in [1.165, 1.54) is 43.3 Å². The zero-order valence-corrected chi connectivity index (χ0v) is 25.9. The van der Waals surface area contributed by atoms with Crippen molar-refractivity contribution in [2.24, 2.45) is 0 Å². The fourth-order valence-corrected chi connectivity index (χ4v) is 6.05. The fraction of sp³-hybridized carbons (Fsp3) is 0.414. The quantitative estimate of drug-likeness (QED) is 0.152. The molecular formula is C29H32F4N3O9P. The molecule has 1 aliphatic heterocycles. The third-order valence-electron chi connectivity index (χ3n) is 6.91. The van der Waals surface area contributed by atoms with Crippen LogP contribution in [0.3, 0.4) is 0 Å². The molecule has 0 aliphatic carbocycles. The minimum absolute atomic E-state index is 0.0446. The number of hydrogen-bond donors (Lipinski definition) is 3. The lowest BCUT2D eigenvalue weighted by atomic mass is 9.98. The molecule has 0 amide bonds. The lowest BCUT2D eigenvalue weighted by molar-refractivity contribution is -0.149. The van der Waals surface area contributed by atoms with E-state index in [1.807, 2.05) is 4.98 Å². The van der Waals surface area contributed by atoms with Crippen molar-refractivity contribution in [2.45, 2.75) is 70.1 Å². The number of rotatable bonds is 11. The van der Waals surface area contributed by atoms with Gasteiger partial charge in [0.1, 0.15) is 24.0 Å². The van der Waals surface area contributed by atoms with E-state index in [0.29, 0.717) is 11.1 Å². The SMILES string of the molecule is CC(C)OC(=O)C(C)NP(=O)(OC[C@H]1O[C@@H](n2ccc(=O)[nH]c2=O)[C@](C)(F)[C@@H]1O)Oc1ccc(-c2ccc(C(F)(F)F)cc2)cc1. The number of esters is 1. The van der Waals surface area contributed by atoms with Gasteiger partial charge in [0.15, 0.2) is 11.9 Å². The van der Waals surface area contributed by atoms with Crippen LogP contribution in [-0.2, 0) is 29.5 Å². The van der Waals surface area contributed by atoms with Crippen molar-refractivity contribution >= 4 is 13.7 Å². The number of H-pyrrole nitrogens is 1. The Morgan fingerprint density at radius 2 is 1.67 bits per heavy atom. The van der Waals surface area contributed by atoms with Crippen molar-refractivity contribution in [1.29, 1.82) is 0 Å². The number of aromatic nitrogens is 2. The van der Waals surface area contributed by atoms with E-state index in [0.717, 1.165) is 35.9 Å². The largest absolute Gasteiger partial charge is 0.462 e. The molecular weight excluding hydrogens is 641 g/mol. The Morgan fingerprint density at radius 1 is 1.09 bits per heavy atom. The highest BCUT2D eigenvalue weighted by molar-refractivity contribution is 7.52. The average Bonchev–Trinajstić information content (AvgIpc) is 3.19. The molecule has 1 saturated heterocycles. The molecule has 17 heteroatoms. The van der Waals surface area contributed by atoms with Gasteiger partial charge in [-0.15, -0.1) is 0 Å². The third-order valence-corrected chi connectivity index (χ3v) is 8.56. The number of alkyl halides is 4. The Morgan fingerprint density at radius 3 is 2.22 bits per heavy atom. The second kappa shape index (κ2) is 13.5. The zero-order valence-electron chi connectivity index (χ0n) is 25.0. The molecule has 0 saturated carbocycles. The van der Waals surface area contributed by atoms with E-state index in [2.05, 4.69) is 5.09 Å². The summed E-state index contributed by atoms with van der Waals surface area (Å²) in [7, 11) is -4.54. The van der Waals surface area contributed by atoms with Gasteiger partial charge in [0, 0.05) is 12.3 Å². The molecule has 1 aromatic heterocycles. The summed E-state index contributed by atoms with van der Waals surface area (Å²) in [6.07, 6.45) is -9.12. The molecule has 0 bridgehead atoms. The first-order chi connectivity index (χ1) is 21.4. The average molecular weight is 674 g/mol. The monoisotopic (exact) mass is 673 g/mol. The highest BCUT2D eigenvalue weighted by Crippen LogP contribution is 2.48. The second-order valence-corrected chi connectivity index (χ2v) is 12.7. The Bertz CT molecular complexity index is 1690. The lowest BCUT2D eigenvalue weighted by Crippen LogP contribution is -2.43. The van der Waals surface area contributed by atoms with Crippen LogP contribution in [0.15, 0.2) is 70.4 Å². The van der Waals surface area contributed by atoms with Gasteiger partial charge in [-0.05, 0) is 63.1 Å². The predicted molar refractivity (Wildman–Crippen MR) is 156 cm³/mol. The Hall–Kier alpha value is -3.82. The van der Waals surface area contributed by atoms with Crippen molar-refractivity contribution in [3.63, 3.8) is 0 Å². The summed E-state index contributed by atoms with van der Waals surface area (Å²) in [5.41, 5.74) is -4.15. The number of benzene rings is 2. The van der Waals surface area contributed by atoms with Crippen molar-refractivity contribution in [3.05, 3.63) is 87.2 Å². The summed E-state index contributed by atoms with van der Waals surface area (Å²) >= 11 is 0. The van der Waals surface area contributed by atoms with Crippen LogP contribution in [0.25, 0.3) is 11.1 Å². The zero-order chi connectivity index (χ0) is 34.0. The van der Waals surface area contributed by atoms with Crippen LogP contribution in [-0.4, -0.2) is 57.3 Å². The molecule has 1 fully saturated rings. The van der Waals surface area contributed by atoms with Gasteiger partial charge in [0.25, 0.3) is 5.56 Å². The molecule has 4 rings (SSSR count). The Kier molecular flexibility index (Phi) is 10.3. The predicted octanol–water partition coefficient (Wildman–Crippen LogP) is 4.34. The van der Waals surface area contributed by atoms with Gasteiger partial charge in [-0.3, -0.25) is 23.7 Å². The number of halogens is 4.